The molecule has 146 valence electrons. The minimum Gasteiger partial charge on any atom is -0.468 e. The van der Waals surface area contributed by atoms with Crippen molar-refractivity contribution in [3.05, 3.63) is 88.8 Å². The van der Waals surface area contributed by atoms with Crippen molar-refractivity contribution in [3.8, 4) is 0 Å². The number of hydrogen-bond donors (Lipinski definition) is 2. The smallest absolute Gasteiger partial charge is 0.416 e. The molecule has 0 bridgehead atoms. The number of anilines is 1. The Labute approximate surface area is 164 Å². The van der Waals surface area contributed by atoms with Crippen LogP contribution in [0.3, 0.4) is 0 Å². The van der Waals surface area contributed by atoms with Crippen molar-refractivity contribution in [3.63, 3.8) is 0 Å². The molecule has 0 aliphatic rings. The van der Waals surface area contributed by atoms with E-state index in [0.29, 0.717) is 11.3 Å². The van der Waals surface area contributed by atoms with Crippen LogP contribution in [0.4, 0.5) is 18.9 Å². The maximum absolute atomic E-state index is 13.0. The fraction of sp³-hybridized carbons (Fsp3) is 0.150. The summed E-state index contributed by atoms with van der Waals surface area (Å²) in [4.78, 5) is 12.8. The third-order valence-electron chi connectivity index (χ3n) is 4.01. The van der Waals surface area contributed by atoms with Gasteiger partial charge in [0, 0.05) is 0 Å². The second kappa shape index (κ2) is 8.50. The highest BCUT2D eigenvalue weighted by molar-refractivity contribution is 6.33. The lowest BCUT2D eigenvalue weighted by atomic mass is 10.1. The van der Waals surface area contributed by atoms with Crippen molar-refractivity contribution < 1.29 is 22.4 Å². The molecule has 3 aromatic rings. The SMILES string of the molecule is O=C(Nc1cc(C(F)(F)F)ccc1Cl)[C@@H](NCc1ccco1)c1ccccc1. The topological polar surface area (TPSA) is 54.3 Å². The first-order chi connectivity index (χ1) is 13.3. The number of carbonyl (C=O) groups excluding carboxylic acids is 1. The van der Waals surface area contributed by atoms with Gasteiger partial charge in [0.15, 0.2) is 0 Å². The summed E-state index contributed by atoms with van der Waals surface area (Å²) in [5.74, 6) is 0.0739. The monoisotopic (exact) mass is 408 g/mol. The minimum atomic E-state index is -4.54. The molecule has 0 unspecified atom stereocenters. The summed E-state index contributed by atoms with van der Waals surface area (Å²) >= 11 is 5.98. The lowest BCUT2D eigenvalue weighted by Gasteiger charge is -2.19. The van der Waals surface area contributed by atoms with Crippen molar-refractivity contribution in [2.24, 2.45) is 0 Å². The van der Waals surface area contributed by atoms with Gasteiger partial charge in [0.05, 0.1) is 29.1 Å². The molecular weight excluding hydrogens is 393 g/mol. The number of hydrogen-bond acceptors (Lipinski definition) is 3. The molecular formula is C20H16ClF3N2O2. The van der Waals surface area contributed by atoms with Crippen molar-refractivity contribution in [2.75, 3.05) is 5.32 Å². The Kier molecular flexibility index (Phi) is 6.06. The number of furan rings is 1. The molecule has 0 saturated carbocycles. The number of alkyl halides is 3. The van der Waals surface area contributed by atoms with Gasteiger partial charge in [0.25, 0.3) is 0 Å². The first-order valence-corrected chi connectivity index (χ1v) is 8.71. The van der Waals surface area contributed by atoms with E-state index in [1.54, 1.807) is 42.5 Å². The summed E-state index contributed by atoms with van der Waals surface area (Å²) in [7, 11) is 0. The van der Waals surface area contributed by atoms with Gasteiger partial charge in [0.2, 0.25) is 5.91 Å². The van der Waals surface area contributed by atoms with Crippen LogP contribution >= 0.6 is 11.6 Å². The third-order valence-corrected chi connectivity index (χ3v) is 4.34. The first kappa shape index (κ1) is 20.0. The molecule has 1 heterocycles. The average molecular weight is 409 g/mol. The Balaban J connectivity index is 1.83. The molecule has 2 N–H and O–H groups in total. The Morgan fingerprint density at radius 1 is 1.07 bits per heavy atom. The van der Waals surface area contributed by atoms with Gasteiger partial charge in [-0.1, -0.05) is 41.9 Å². The predicted molar refractivity (Wildman–Crippen MR) is 99.8 cm³/mol. The van der Waals surface area contributed by atoms with Crippen LogP contribution in [0.25, 0.3) is 0 Å². The second-order valence-electron chi connectivity index (χ2n) is 5.99. The van der Waals surface area contributed by atoms with Gasteiger partial charge >= 0.3 is 6.18 Å². The molecule has 1 aromatic heterocycles. The number of carbonyl (C=O) groups is 1. The van der Waals surface area contributed by atoms with Crippen LogP contribution in [0.1, 0.15) is 22.9 Å². The molecule has 0 radical (unpaired) electrons. The number of benzene rings is 2. The van der Waals surface area contributed by atoms with E-state index < -0.39 is 23.7 Å². The lowest BCUT2D eigenvalue weighted by molar-refractivity contribution is -0.137. The van der Waals surface area contributed by atoms with E-state index in [4.69, 9.17) is 16.0 Å². The van der Waals surface area contributed by atoms with Crippen LogP contribution in [0.2, 0.25) is 5.02 Å². The molecule has 3 rings (SSSR count). The van der Waals surface area contributed by atoms with E-state index in [2.05, 4.69) is 10.6 Å². The van der Waals surface area contributed by atoms with Crippen molar-refractivity contribution in [1.82, 2.24) is 5.32 Å². The highest BCUT2D eigenvalue weighted by Gasteiger charge is 2.31. The summed E-state index contributed by atoms with van der Waals surface area (Å²) < 4.78 is 44.1. The molecule has 28 heavy (non-hydrogen) atoms. The van der Waals surface area contributed by atoms with Gasteiger partial charge in [-0.05, 0) is 35.9 Å². The highest BCUT2D eigenvalue weighted by atomic mass is 35.5. The molecule has 0 aliphatic carbocycles. The van der Waals surface area contributed by atoms with E-state index in [-0.39, 0.29) is 17.3 Å². The highest BCUT2D eigenvalue weighted by Crippen LogP contribution is 2.34. The third kappa shape index (κ3) is 4.94. The molecule has 2 aromatic carbocycles. The summed E-state index contributed by atoms with van der Waals surface area (Å²) in [5.41, 5.74) is -0.358. The zero-order valence-corrected chi connectivity index (χ0v) is 15.2. The van der Waals surface area contributed by atoms with E-state index >= 15 is 0 Å². The Bertz CT molecular complexity index is 928. The molecule has 1 atom stereocenters. The maximum atomic E-state index is 13.0. The van der Waals surface area contributed by atoms with E-state index in [1.807, 2.05) is 0 Å². The zero-order chi connectivity index (χ0) is 20.1. The van der Waals surface area contributed by atoms with Crippen LogP contribution in [-0.2, 0) is 17.5 Å². The zero-order valence-electron chi connectivity index (χ0n) is 14.5. The standard InChI is InChI=1S/C20H16ClF3N2O2/c21-16-9-8-14(20(22,23)24)11-17(16)26-19(27)18(13-5-2-1-3-6-13)25-12-15-7-4-10-28-15/h1-11,18,25H,12H2,(H,26,27)/t18-/m0/s1. The van der Waals surface area contributed by atoms with Gasteiger partial charge in [-0.25, -0.2) is 0 Å². The lowest BCUT2D eigenvalue weighted by Crippen LogP contribution is -2.32. The minimum absolute atomic E-state index is 0.0131. The Morgan fingerprint density at radius 2 is 1.82 bits per heavy atom. The molecule has 0 aliphatic heterocycles. The summed E-state index contributed by atoms with van der Waals surface area (Å²) in [6.07, 6.45) is -3.03. The second-order valence-corrected chi connectivity index (χ2v) is 6.39. The van der Waals surface area contributed by atoms with Gasteiger partial charge < -0.3 is 9.73 Å². The van der Waals surface area contributed by atoms with Crippen LogP contribution in [0.15, 0.2) is 71.3 Å². The molecule has 0 saturated heterocycles. The normalized spacial score (nSPS) is 12.6. The number of halogens is 4. The van der Waals surface area contributed by atoms with E-state index in [9.17, 15) is 18.0 Å². The molecule has 0 spiro atoms. The fourth-order valence-corrected chi connectivity index (χ4v) is 2.79. The van der Waals surface area contributed by atoms with Crippen LogP contribution in [0.5, 0.6) is 0 Å². The fourth-order valence-electron chi connectivity index (χ4n) is 2.63. The van der Waals surface area contributed by atoms with E-state index in [1.165, 1.54) is 6.26 Å². The van der Waals surface area contributed by atoms with Crippen molar-refractivity contribution in [1.29, 1.82) is 0 Å². The van der Waals surface area contributed by atoms with Gasteiger partial charge in [-0.2, -0.15) is 13.2 Å². The summed E-state index contributed by atoms with van der Waals surface area (Å²) in [6.45, 7) is 0.260. The molecule has 1 amide bonds. The van der Waals surface area contributed by atoms with Crippen molar-refractivity contribution >= 4 is 23.2 Å². The number of rotatable bonds is 6. The van der Waals surface area contributed by atoms with Crippen molar-refractivity contribution in [2.45, 2.75) is 18.8 Å². The van der Waals surface area contributed by atoms with Crippen LogP contribution in [0, 0.1) is 0 Å². The van der Waals surface area contributed by atoms with Gasteiger partial charge in [-0.15, -0.1) is 0 Å². The maximum Gasteiger partial charge on any atom is 0.416 e. The van der Waals surface area contributed by atoms with E-state index in [0.717, 1.165) is 18.2 Å². The summed E-state index contributed by atoms with van der Waals surface area (Å²) in [6, 6.07) is 14.2. The summed E-state index contributed by atoms with van der Waals surface area (Å²) in [5, 5.41) is 5.55. The molecule has 0 fully saturated rings. The quantitative estimate of drug-likeness (QED) is 0.572. The van der Waals surface area contributed by atoms with Crippen LogP contribution < -0.4 is 10.6 Å². The Morgan fingerprint density at radius 3 is 2.46 bits per heavy atom. The number of nitrogens with one attached hydrogen (secondary N) is 2. The van der Waals surface area contributed by atoms with Crippen LogP contribution in [-0.4, -0.2) is 5.91 Å². The number of amides is 1. The largest absolute Gasteiger partial charge is 0.468 e. The predicted octanol–water partition coefficient (Wildman–Crippen LogP) is 5.42. The Hall–Kier alpha value is -2.77. The molecule has 8 heteroatoms. The van der Waals surface area contributed by atoms with Gasteiger partial charge in [0.1, 0.15) is 11.8 Å². The molecule has 4 nitrogen and oxygen atoms in total. The average Bonchev–Trinajstić information content (AvgIpc) is 3.17. The first-order valence-electron chi connectivity index (χ1n) is 8.33. The van der Waals surface area contributed by atoms with Gasteiger partial charge in [-0.3, -0.25) is 10.1 Å².